The van der Waals surface area contributed by atoms with Crippen LogP contribution < -0.4 is 5.32 Å². The van der Waals surface area contributed by atoms with E-state index in [0.717, 1.165) is 6.42 Å². The molecule has 4 rings (SSSR count). The molecule has 0 bridgehead atoms. The molecule has 2 aliphatic heterocycles. The quantitative estimate of drug-likeness (QED) is 0.411. The molecule has 3 atom stereocenters. The van der Waals surface area contributed by atoms with Crippen molar-refractivity contribution in [2.75, 3.05) is 0 Å². The van der Waals surface area contributed by atoms with Gasteiger partial charge in [0, 0.05) is 17.1 Å². The minimum atomic E-state index is -0.745. The van der Waals surface area contributed by atoms with E-state index in [2.05, 4.69) is 39.6 Å². The Labute approximate surface area is 195 Å². The number of hydrogen-bond donors (Lipinski definition) is 2. The van der Waals surface area contributed by atoms with Crippen LogP contribution >= 0.6 is 0 Å². The van der Waals surface area contributed by atoms with Crippen LogP contribution in [0.4, 0.5) is 0 Å². The highest BCUT2D eigenvalue weighted by molar-refractivity contribution is 6.22. The number of allylic oxidation sites excluding steroid dienone is 1. The molecule has 1 saturated carbocycles. The molecule has 7 heteroatoms. The number of benzene rings is 1. The average molecular weight is 455 g/mol. The highest BCUT2D eigenvalue weighted by Gasteiger charge is 2.47. The maximum absolute atomic E-state index is 13.3. The Hall–Kier alpha value is -2.51. The fourth-order valence-electron chi connectivity index (χ4n) is 5.88. The number of hydrogen-bond acceptors (Lipinski definition) is 6. The van der Waals surface area contributed by atoms with Crippen molar-refractivity contribution < 1.29 is 24.2 Å². The number of aliphatic hydroxyl groups is 1. The summed E-state index contributed by atoms with van der Waals surface area (Å²) >= 11 is 0. The van der Waals surface area contributed by atoms with Crippen molar-refractivity contribution in [3.05, 3.63) is 47.5 Å². The van der Waals surface area contributed by atoms with Gasteiger partial charge in [0.05, 0.1) is 22.8 Å². The van der Waals surface area contributed by atoms with E-state index < -0.39 is 18.2 Å². The number of carbonyl (C=O) groups is 3. The summed E-state index contributed by atoms with van der Waals surface area (Å²) in [5.41, 5.74) is 0.321. The molecule has 33 heavy (non-hydrogen) atoms. The standard InChI is InChI=1S/C26H34N2O5/c1-6-15-7-10-21(20(29)11-15)33-24(32)16-8-9-18-19(12-16)23(31)28(22(18)30)17-13-25(2,3)27-26(4,5)14-17/h6,8-9,12,15,17,20-21,27,29H,1,7,10-11,13-14H2,2-5H3. The van der Waals surface area contributed by atoms with Gasteiger partial charge in [0.25, 0.3) is 11.8 Å². The van der Waals surface area contributed by atoms with Crippen molar-refractivity contribution in [3.8, 4) is 0 Å². The van der Waals surface area contributed by atoms with Crippen LogP contribution in [0.5, 0.6) is 0 Å². The molecule has 3 unspecified atom stereocenters. The van der Waals surface area contributed by atoms with E-state index in [1.54, 1.807) is 0 Å². The fourth-order valence-corrected chi connectivity index (χ4v) is 5.88. The lowest BCUT2D eigenvalue weighted by Gasteiger charge is -2.48. The van der Waals surface area contributed by atoms with Gasteiger partial charge in [-0.2, -0.15) is 0 Å². The molecule has 2 N–H and O–H groups in total. The van der Waals surface area contributed by atoms with Crippen LogP contribution in [0.2, 0.25) is 0 Å². The van der Waals surface area contributed by atoms with Crippen molar-refractivity contribution >= 4 is 17.8 Å². The molecule has 1 aromatic carbocycles. The van der Waals surface area contributed by atoms with E-state index >= 15 is 0 Å². The lowest BCUT2D eigenvalue weighted by atomic mass is 9.79. The lowest BCUT2D eigenvalue weighted by molar-refractivity contribution is -0.0428. The van der Waals surface area contributed by atoms with Crippen molar-refractivity contribution in [2.24, 2.45) is 5.92 Å². The number of ether oxygens (including phenoxy) is 1. The molecule has 7 nitrogen and oxygen atoms in total. The first-order chi connectivity index (χ1) is 15.4. The third kappa shape index (κ3) is 4.62. The Morgan fingerprint density at radius 3 is 2.36 bits per heavy atom. The van der Waals surface area contributed by atoms with Crippen LogP contribution in [0, 0.1) is 5.92 Å². The van der Waals surface area contributed by atoms with Crippen LogP contribution in [0.1, 0.15) is 90.9 Å². The summed E-state index contributed by atoms with van der Waals surface area (Å²) in [4.78, 5) is 40.6. The monoisotopic (exact) mass is 454 g/mol. The first kappa shape index (κ1) is 23.6. The van der Waals surface area contributed by atoms with Gasteiger partial charge >= 0.3 is 5.97 Å². The minimum absolute atomic E-state index is 0.209. The second-order valence-corrected chi connectivity index (χ2v) is 11.0. The number of fused-ring (bicyclic) bond motifs is 1. The molecule has 2 fully saturated rings. The second-order valence-electron chi connectivity index (χ2n) is 11.0. The summed E-state index contributed by atoms with van der Waals surface area (Å²) in [6.45, 7) is 12.1. The Morgan fingerprint density at radius 2 is 1.76 bits per heavy atom. The lowest BCUT2D eigenvalue weighted by Crippen LogP contribution is -2.62. The number of piperidine rings is 1. The maximum Gasteiger partial charge on any atom is 0.338 e. The predicted octanol–water partition coefficient (Wildman–Crippen LogP) is 3.46. The van der Waals surface area contributed by atoms with E-state index in [-0.39, 0.29) is 46.0 Å². The van der Waals surface area contributed by atoms with Crippen molar-refractivity contribution in [1.29, 1.82) is 0 Å². The molecule has 1 aliphatic carbocycles. The number of amides is 2. The SMILES string of the molecule is C=CC1CCC(OC(=O)c2ccc3c(c2)C(=O)N(C2CC(C)(C)NC(C)(C)C2)C3=O)C(O)C1. The highest BCUT2D eigenvalue weighted by atomic mass is 16.6. The first-order valence-corrected chi connectivity index (χ1v) is 11.7. The predicted molar refractivity (Wildman–Crippen MR) is 124 cm³/mol. The van der Waals surface area contributed by atoms with E-state index in [9.17, 15) is 19.5 Å². The van der Waals surface area contributed by atoms with E-state index in [1.165, 1.54) is 23.1 Å². The van der Waals surface area contributed by atoms with Gasteiger partial charge in [0.1, 0.15) is 6.10 Å². The number of carbonyl (C=O) groups excluding carboxylic acids is 3. The van der Waals surface area contributed by atoms with E-state index in [0.29, 0.717) is 31.2 Å². The fraction of sp³-hybridized carbons (Fsp3) is 0.577. The number of nitrogens with one attached hydrogen (secondary N) is 1. The maximum atomic E-state index is 13.3. The molecule has 1 aromatic rings. The zero-order valence-corrected chi connectivity index (χ0v) is 19.9. The largest absolute Gasteiger partial charge is 0.456 e. The van der Waals surface area contributed by atoms with Gasteiger partial charge < -0.3 is 15.2 Å². The summed E-state index contributed by atoms with van der Waals surface area (Å²) in [5.74, 6) is -1.06. The molecule has 0 aromatic heterocycles. The Bertz CT molecular complexity index is 982. The van der Waals surface area contributed by atoms with Crippen LogP contribution in [-0.4, -0.2) is 57.1 Å². The zero-order chi connectivity index (χ0) is 24.1. The summed E-state index contributed by atoms with van der Waals surface area (Å²) in [6, 6.07) is 4.29. The van der Waals surface area contributed by atoms with Gasteiger partial charge in [-0.3, -0.25) is 14.5 Å². The van der Waals surface area contributed by atoms with Crippen molar-refractivity contribution in [3.63, 3.8) is 0 Å². The third-order valence-corrected chi connectivity index (χ3v) is 7.07. The van der Waals surface area contributed by atoms with Gasteiger partial charge in [0.2, 0.25) is 0 Å². The van der Waals surface area contributed by atoms with Crippen LogP contribution in [0.15, 0.2) is 30.9 Å². The second kappa shape index (κ2) is 8.37. The number of imide groups is 1. The van der Waals surface area contributed by atoms with Gasteiger partial charge in [0.15, 0.2) is 0 Å². The Morgan fingerprint density at radius 1 is 1.12 bits per heavy atom. The topological polar surface area (TPSA) is 95.9 Å². The van der Waals surface area contributed by atoms with Crippen molar-refractivity contribution in [1.82, 2.24) is 10.2 Å². The molecule has 2 amide bonds. The normalized spacial score (nSPS) is 29.0. The number of esters is 1. The summed E-state index contributed by atoms with van der Waals surface area (Å²) in [7, 11) is 0. The third-order valence-electron chi connectivity index (χ3n) is 7.07. The average Bonchev–Trinajstić information content (AvgIpc) is 2.97. The molecule has 2 heterocycles. The molecule has 3 aliphatic rings. The van der Waals surface area contributed by atoms with Gasteiger partial charge in [-0.1, -0.05) is 6.08 Å². The van der Waals surface area contributed by atoms with Gasteiger partial charge in [-0.25, -0.2) is 4.79 Å². The zero-order valence-electron chi connectivity index (χ0n) is 19.9. The first-order valence-electron chi connectivity index (χ1n) is 11.7. The Balaban J connectivity index is 1.52. The van der Waals surface area contributed by atoms with Crippen LogP contribution in [0.25, 0.3) is 0 Å². The number of aliphatic hydroxyl groups excluding tert-OH is 1. The number of nitrogens with zero attached hydrogens (tertiary/aromatic N) is 1. The summed E-state index contributed by atoms with van der Waals surface area (Å²) in [6.07, 6.45) is 3.66. The summed E-state index contributed by atoms with van der Waals surface area (Å²) < 4.78 is 5.56. The van der Waals surface area contributed by atoms with Gasteiger partial charge in [-0.15, -0.1) is 6.58 Å². The Kier molecular flexibility index (Phi) is 5.99. The molecule has 1 saturated heterocycles. The number of rotatable bonds is 4. The minimum Gasteiger partial charge on any atom is -0.456 e. The van der Waals surface area contributed by atoms with Crippen LogP contribution in [-0.2, 0) is 4.74 Å². The van der Waals surface area contributed by atoms with E-state index in [1.807, 2.05) is 6.08 Å². The van der Waals surface area contributed by atoms with E-state index in [4.69, 9.17) is 4.74 Å². The molecule has 178 valence electrons. The molecule has 0 spiro atoms. The van der Waals surface area contributed by atoms with Crippen LogP contribution in [0.3, 0.4) is 0 Å². The smallest absolute Gasteiger partial charge is 0.338 e. The highest BCUT2D eigenvalue weighted by Crippen LogP contribution is 2.36. The molecular weight excluding hydrogens is 420 g/mol. The molecule has 0 radical (unpaired) electrons. The molecular formula is C26H34N2O5. The van der Waals surface area contributed by atoms with Gasteiger partial charge in [-0.05, 0) is 83.9 Å². The van der Waals surface area contributed by atoms with Crippen molar-refractivity contribution in [2.45, 2.75) is 89.1 Å². The summed E-state index contributed by atoms with van der Waals surface area (Å²) in [5, 5.41) is 13.9.